The average molecular weight is 236 g/mol. The molecular formula is C11H17BN2O3. The Morgan fingerprint density at radius 2 is 2.06 bits per heavy atom. The Hall–Kier alpha value is -1.37. The minimum absolute atomic E-state index is 0.192. The molecule has 1 aromatic rings. The van der Waals surface area contributed by atoms with Gasteiger partial charge in [-0.25, -0.2) is 0 Å². The Morgan fingerprint density at radius 1 is 1.41 bits per heavy atom. The molecule has 3 N–H and O–H groups in total. The zero-order chi connectivity index (χ0) is 13.0. The van der Waals surface area contributed by atoms with Crippen LogP contribution in [0.5, 0.6) is 0 Å². The van der Waals surface area contributed by atoms with Gasteiger partial charge in [-0.3, -0.25) is 4.79 Å². The number of rotatable bonds is 4. The van der Waals surface area contributed by atoms with Crippen LogP contribution >= 0.6 is 0 Å². The van der Waals surface area contributed by atoms with E-state index in [0.717, 1.165) is 5.56 Å². The monoisotopic (exact) mass is 236 g/mol. The summed E-state index contributed by atoms with van der Waals surface area (Å²) < 4.78 is 0. The summed E-state index contributed by atoms with van der Waals surface area (Å²) >= 11 is 0. The van der Waals surface area contributed by atoms with Crippen LogP contribution < -0.4 is 10.8 Å². The first-order chi connectivity index (χ1) is 7.90. The quantitative estimate of drug-likeness (QED) is 0.597. The summed E-state index contributed by atoms with van der Waals surface area (Å²) in [7, 11) is 1.99. The van der Waals surface area contributed by atoms with E-state index in [0.29, 0.717) is 11.2 Å². The van der Waals surface area contributed by atoms with Gasteiger partial charge in [0.2, 0.25) is 5.91 Å². The Kier molecular flexibility index (Phi) is 4.68. The molecule has 0 saturated carbocycles. The maximum atomic E-state index is 11.6. The summed E-state index contributed by atoms with van der Waals surface area (Å²) in [6, 6.07) is 5.06. The SMILES string of the molecule is Cc1ccc(B(O)O)c(NC(=O)CN(C)C)c1. The van der Waals surface area contributed by atoms with Crippen LogP contribution in [0.4, 0.5) is 5.69 Å². The first-order valence-electron chi connectivity index (χ1n) is 5.31. The lowest BCUT2D eigenvalue weighted by atomic mass is 9.78. The fraction of sp³-hybridized carbons (Fsp3) is 0.364. The van der Waals surface area contributed by atoms with Gasteiger partial charge in [-0.05, 0) is 32.6 Å². The zero-order valence-electron chi connectivity index (χ0n) is 10.3. The average Bonchev–Trinajstić information content (AvgIpc) is 2.15. The number of hydrogen-bond acceptors (Lipinski definition) is 4. The first kappa shape index (κ1) is 13.7. The van der Waals surface area contributed by atoms with E-state index < -0.39 is 7.12 Å². The van der Waals surface area contributed by atoms with Crippen molar-refractivity contribution in [3.63, 3.8) is 0 Å². The van der Waals surface area contributed by atoms with Gasteiger partial charge in [-0.2, -0.15) is 0 Å². The van der Waals surface area contributed by atoms with Crippen molar-refractivity contribution in [1.82, 2.24) is 4.90 Å². The predicted octanol–water partition coefficient (Wildman–Crippen LogP) is -0.825. The summed E-state index contributed by atoms with van der Waals surface area (Å²) in [6.45, 7) is 2.12. The topological polar surface area (TPSA) is 72.8 Å². The van der Waals surface area contributed by atoms with Gasteiger partial charge in [-0.1, -0.05) is 12.1 Å². The molecule has 1 rings (SSSR count). The lowest BCUT2D eigenvalue weighted by Gasteiger charge is -2.13. The molecule has 1 aromatic carbocycles. The Bertz CT molecular complexity index is 408. The van der Waals surface area contributed by atoms with Crippen molar-refractivity contribution in [1.29, 1.82) is 0 Å². The third kappa shape index (κ3) is 4.18. The smallest absolute Gasteiger partial charge is 0.423 e. The highest BCUT2D eigenvalue weighted by atomic mass is 16.4. The second kappa shape index (κ2) is 5.81. The van der Waals surface area contributed by atoms with Crippen molar-refractivity contribution >= 4 is 24.2 Å². The lowest BCUT2D eigenvalue weighted by Crippen LogP contribution is -2.35. The zero-order valence-corrected chi connectivity index (χ0v) is 10.3. The van der Waals surface area contributed by atoms with Gasteiger partial charge in [0.15, 0.2) is 0 Å². The van der Waals surface area contributed by atoms with Crippen LogP contribution in [0.1, 0.15) is 5.56 Å². The molecule has 0 heterocycles. The maximum Gasteiger partial charge on any atom is 0.490 e. The Labute approximate surface area is 101 Å². The third-order valence-corrected chi connectivity index (χ3v) is 2.22. The van der Waals surface area contributed by atoms with Crippen LogP contribution in [0, 0.1) is 6.92 Å². The molecule has 0 unspecified atom stereocenters. The molecule has 0 saturated heterocycles. The van der Waals surface area contributed by atoms with Gasteiger partial charge >= 0.3 is 7.12 Å². The van der Waals surface area contributed by atoms with Gasteiger partial charge in [-0.15, -0.1) is 0 Å². The molecule has 0 aromatic heterocycles. The summed E-state index contributed by atoms with van der Waals surface area (Å²) in [5, 5.41) is 21.0. The molecule has 0 aliphatic rings. The van der Waals surface area contributed by atoms with E-state index >= 15 is 0 Å². The van der Waals surface area contributed by atoms with Crippen molar-refractivity contribution < 1.29 is 14.8 Å². The van der Waals surface area contributed by atoms with E-state index in [-0.39, 0.29) is 12.5 Å². The van der Waals surface area contributed by atoms with Crippen LogP contribution in [0.25, 0.3) is 0 Å². The molecule has 0 spiro atoms. The molecule has 0 fully saturated rings. The minimum atomic E-state index is -1.59. The van der Waals surface area contributed by atoms with Gasteiger partial charge in [0.05, 0.1) is 6.54 Å². The minimum Gasteiger partial charge on any atom is -0.423 e. The molecule has 92 valence electrons. The van der Waals surface area contributed by atoms with Crippen LogP contribution in [0.15, 0.2) is 18.2 Å². The predicted molar refractivity (Wildman–Crippen MR) is 68.2 cm³/mol. The van der Waals surface area contributed by atoms with Crippen LogP contribution in [-0.4, -0.2) is 48.6 Å². The number of hydrogen-bond donors (Lipinski definition) is 3. The molecule has 17 heavy (non-hydrogen) atoms. The lowest BCUT2D eigenvalue weighted by molar-refractivity contribution is -0.116. The van der Waals surface area contributed by atoms with Gasteiger partial charge in [0, 0.05) is 11.2 Å². The fourth-order valence-corrected chi connectivity index (χ4v) is 1.48. The Morgan fingerprint density at radius 3 is 2.59 bits per heavy atom. The van der Waals surface area contributed by atoms with Crippen molar-refractivity contribution in [2.45, 2.75) is 6.92 Å². The van der Waals surface area contributed by atoms with Crippen LogP contribution in [0.3, 0.4) is 0 Å². The second-order valence-corrected chi connectivity index (χ2v) is 4.25. The third-order valence-electron chi connectivity index (χ3n) is 2.22. The number of carbonyl (C=O) groups is 1. The van der Waals surface area contributed by atoms with Gasteiger partial charge < -0.3 is 20.3 Å². The molecule has 0 atom stereocenters. The Balaban J connectivity index is 2.88. The van der Waals surface area contributed by atoms with E-state index in [1.165, 1.54) is 0 Å². The first-order valence-corrected chi connectivity index (χ1v) is 5.31. The summed E-state index contributed by atoms with van der Waals surface area (Å²) in [5.74, 6) is -0.192. The van der Waals surface area contributed by atoms with E-state index in [2.05, 4.69) is 5.32 Å². The van der Waals surface area contributed by atoms with E-state index in [1.54, 1.807) is 37.2 Å². The molecule has 1 amide bonds. The number of aryl methyl sites for hydroxylation is 1. The van der Waals surface area contributed by atoms with Crippen molar-refractivity contribution in [3.8, 4) is 0 Å². The van der Waals surface area contributed by atoms with Crippen molar-refractivity contribution in [3.05, 3.63) is 23.8 Å². The second-order valence-electron chi connectivity index (χ2n) is 4.25. The highest BCUT2D eigenvalue weighted by Gasteiger charge is 2.17. The highest BCUT2D eigenvalue weighted by molar-refractivity contribution is 6.60. The van der Waals surface area contributed by atoms with Crippen LogP contribution in [0.2, 0.25) is 0 Å². The summed E-state index contributed by atoms with van der Waals surface area (Å²) in [4.78, 5) is 13.3. The molecule has 0 radical (unpaired) electrons. The van der Waals surface area contributed by atoms with Crippen molar-refractivity contribution in [2.24, 2.45) is 0 Å². The van der Waals surface area contributed by atoms with Gasteiger partial charge in [0.25, 0.3) is 0 Å². The molecule has 5 nitrogen and oxygen atoms in total. The normalized spacial score (nSPS) is 10.5. The molecule has 6 heteroatoms. The molecule has 0 aliphatic carbocycles. The van der Waals surface area contributed by atoms with E-state index in [9.17, 15) is 14.8 Å². The van der Waals surface area contributed by atoms with Crippen LogP contribution in [-0.2, 0) is 4.79 Å². The largest absolute Gasteiger partial charge is 0.490 e. The molecule has 0 aliphatic heterocycles. The summed E-state index contributed by atoms with van der Waals surface area (Å²) in [6.07, 6.45) is 0. The number of likely N-dealkylation sites (N-methyl/N-ethyl adjacent to an activating group) is 1. The number of carbonyl (C=O) groups excluding carboxylic acids is 1. The van der Waals surface area contributed by atoms with E-state index in [4.69, 9.17) is 0 Å². The standard InChI is InChI=1S/C11H17BN2O3/c1-8-4-5-9(12(16)17)10(6-8)13-11(15)7-14(2)3/h4-6,16-17H,7H2,1-3H3,(H,13,15). The van der Waals surface area contributed by atoms with Crippen molar-refractivity contribution in [2.75, 3.05) is 26.0 Å². The molecular weight excluding hydrogens is 219 g/mol. The number of nitrogens with zero attached hydrogens (tertiary/aromatic N) is 1. The fourth-order valence-electron chi connectivity index (χ4n) is 1.48. The van der Waals surface area contributed by atoms with Gasteiger partial charge in [0.1, 0.15) is 0 Å². The number of nitrogens with one attached hydrogen (secondary N) is 1. The van der Waals surface area contributed by atoms with E-state index in [1.807, 2.05) is 6.92 Å². The number of amides is 1. The highest BCUT2D eigenvalue weighted by Crippen LogP contribution is 2.08. The number of anilines is 1. The summed E-state index contributed by atoms with van der Waals surface area (Å²) in [5.41, 5.74) is 1.67. The molecule has 0 bridgehead atoms. The number of benzene rings is 1. The maximum absolute atomic E-state index is 11.6.